The van der Waals surface area contributed by atoms with Crippen molar-refractivity contribution in [2.24, 2.45) is 0 Å². The van der Waals surface area contributed by atoms with Crippen LogP contribution in [0.2, 0.25) is 0 Å². The summed E-state index contributed by atoms with van der Waals surface area (Å²) in [5.74, 6) is 1.20. The molecule has 0 saturated carbocycles. The lowest BCUT2D eigenvalue weighted by atomic mass is 9.78. The standard InChI is InChI=1S/C28H41N3O3S2/c1-8-9-13-31(14-16-35-19-23(32)30-26-29-12-15-36-26)24(33)11-10-20-17-21(27(2,3)4)25(34)22(18-20)28(5,6)7/h10-12,15,17-18,34H,8-9,13-14,16,19H2,1-7H3,(H,29,30,32)/b11-10+. The number of nitrogens with zero attached hydrogens (tertiary/aromatic N) is 2. The maximum absolute atomic E-state index is 13.1. The van der Waals surface area contributed by atoms with E-state index in [-0.39, 0.29) is 22.6 Å². The number of hydrogen-bond donors (Lipinski definition) is 2. The molecule has 2 N–H and O–H groups in total. The van der Waals surface area contributed by atoms with Crippen LogP contribution in [0, 0.1) is 0 Å². The summed E-state index contributed by atoms with van der Waals surface area (Å²) in [6.45, 7) is 15.8. The number of nitrogens with one attached hydrogen (secondary N) is 1. The van der Waals surface area contributed by atoms with Crippen molar-refractivity contribution in [2.75, 3.05) is 29.9 Å². The summed E-state index contributed by atoms with van der Waals surface area (Å²) < 4.78 is 0. The van der Waals surface area contributed by atoms with Gasteiger partial charge in [0.05, 0.1) is 5.75 Å². The van der Waals surface area contributed by atoms with E-state index in [1.54, 1.807) is 12.3 Å². The topological polar surface area (TPSA) is 82.5 Å². The highest BCUT2D eigenvalue weighted by atomic mass is 32.2. The fraction of sp³-hybridized carbons (Fsp3) is 0.536. The fourth-order valence-electron chi connectivity index (χ4n) is 3.63. The molecule has 0 unspecified atom stereocenters. The van der Waals surface area contributed by atoms with Gasteiger partial charge in [0, 0.05) is 47.6 Å². The van der Waals surface area contributed by atoms with E-state index in [2.05, 4.69) is 58.8 Å². The van der Waals surface area contributed by atoms with Crippen LogP contribution >= 0.6 is 23.1 Å². The van der Waals surface area contributed by atoms with Crippen molar-refractivity contribution >= 4 is 46.1 Å². The molecule has 1 aromatic carbocycles. The van der Waals surface area contributed by atoms with E-state index in [1.807, 2.05) is 28.5 Å². The number of phenolic OH excluding ortho intramolecular Hbond substituents is 1. The largest absolute Gasteiger partial charge is 0.507 e. The lowest BCUT2D eigenvalue weighted by Gasteiger charge is -2.28. The van der Waals surface area contributed by atoms with Crippen molar-refractivity contribution < 1.29 is 14.7 Å². The van der Waals surface area contributed by atoms with Crippen molar-refractivity contribution in [1.82, 2.24) is 9.88 Å². The molecular weight excluding hydrogens is 490 g/mol. The monoisotopic (exact) mass is 531 g/mol. The SMILES string of the molecule is CCCCN(CCSCC(=O)Nc1nccs1)C(=O)/C=C/c1cc(C(C)(C)C)c(O)c(C(C)(C)C)c1. The van der Waals surface area contributed by atoms with Gasteiger partial charge in [-0.25, -0.2) is 4.98 Å². The number of carbonyl (C=O) groups is 2. The van der Waals surface area contributed by atoms with Crippen molar-refractivity contribution in [3.05, 3.63) is 46.5 Å². The summed E-state index contributed by atoms with van der Waals surface area (Å²) in [6.07, 6.45) is 7.06. The van der Waals surface area contributed by atoms with Crippen LogP contribution in [0.3, 0.4) is 0 Å². The second-order valence-electron chi connectivity index (χ2n) is 10.9. The number of aromatic hydroxyl groups is 1. The highest BCUT2D eigenvalue weighted by Crippen LogP contribution is 2.40. The van der Waals surface area contributed by atoms with Crippen LogP contribution in [0.15, 0.2) is 29.8 Å². The van der Waals surface area contributed by atoms with E-state index in [1.165, 1.54) is 23.1 Å². The van der Waals surface area contributed by atoms with Gasteiger partial charge in [0.25, 0.3) is 0 Å². The number of aromatic nitrogens is 1. The highest BCUT2D eigenvalue weighted by Gasteiger charge is 2.26. The molecule has 0 aliphatic heterocycles. The van der Waals surface area contributed by atoms with Gasteiger partial charge in [-0.2, -0.15) is 11.8 Å². The quantitative estimate of drug-likeness (QED) is 0.257. The van der Waals surface area contributed by atoms with Gasteiger partial charge in [0.1, 0.15) is 5.75 Å². The van der Waals surface area contributed by atoms with Crippen molar-refractivity contribution in [3.63, 3.8) is 0 Å². The van der Waals surface area contributed by atoms with E-state index in [0.717, 1.165) is 29.5 Å². The van der Waals surface area contributed by atoms with Crippen molar-refractivity contribution in [3.8, 4) is 5.75 Å². The van der Waals surface area contributed by atoms with Crippen LogP contribution in [-0.2, 0) is 20.4 Å². The van der Waals surface area contributed by atoms with Gasteiger partial charge in [-0.1, -0.05) is 54.9 Å². The van der Waals surface area contributed by atoms with Crippen LogP contribution in [0.5, 0.6) is 5.75 Å². The van der Waals surface area contributed by atoms with Crippen LogP contribution in [0.4, 0.5) is 5.13 Å². The van der Waals surface area contributed by atoms with Crippen LogP contribution in [-0.4, -0.2) is 51.4 Å². The molecule has 0 aliphatic carbocycles. The molecule has 6 nitrogen and oxygen atoms in total. The Labute approximate surface area is 224 Å². The molecular formula is C28H41N3O3S2. The van der Waals surface area contributed by atoms with Crippen molar-refractivity contribution in [1.29, 1.82) is 0 Å². The molecule has 198 valence electrons. The van der Waals surface area contributed by atoms with E-state index < -0.39 is 0 Å². The summed E-state index contributed by atoms with van der Waals surface area (Å²) in [5.41, 5.74) is 2.19. The molecule has 0 spiro atoms. The minimum absolute atomic E-state index is 0.0426. The number of carbonyl (C=O) groups excluding carboxylic acids is 2. The third-order valence-corrected chi connectivity index (χ3v) is 7.30. The molecule has 0 aliphatic rings. The predicted molar refractivity (Wildman–Crippen MR) is 154 cm³/mol. The summed E-state index contributed by atoms with van der Waals surface area (Å²) in [7, 11) is 0. The van der Waals surface area contributed by atoms with Gasteiger partial charge in [0.2, 0.25) is 11.8 Å². The van der Waals surface area contributed by atoms with E-state index in [9.17, 15) is 14.7 Å². The third-order valence-electron chi connectivity index (χ3n) is 5.68. The first-order valence-corrected chi connectivity index (χ1v) is 14.5. The number of anilines is 1. The lowest BCUT2D eigenvalue weighted by molar-refractivity contribution is -0.125. The summed E-state index contributed by atoms with van der Waals surface area (Å²) in [6, 6.07) is 3.95. The Morgan fingerprint density at radius 1 is 1.11 bits per heavy atom. The number of rotatable bonds is 11. The molecule has 2 amide bonds. The number of unbranched alkanes of at least 4 members (excludes halogenated alkanes) is 1. The van der Waals surface area contributed by atoms with Crippen LogP contribution in [0.25, 0.3) is 6.08 Å². The van der Waals surface area contributed by atoms with E-state index in [0.29, 0.717) is 35.5 Å². The molecule has 2 rings (SSSR count). The van der Waals surface area contributed by atoms with Crippen LogP contribution < -0.4 is 5.32 Å². The third kappa shape index (κ3) is 9.28. The molecule has 0 saturated heterocycles. The molecule has 36 heavy (non-hydrogen) atoms. The van der Waals surface area contributed by atoms with Gasteiger partial charge < -0.3 is 15.3 Å². The zero-order valence-electron chi connectivity index (χ0n) is 22.7. The molecule has 8 heteroatoms. The first-order chi connectivity index (χ1) is 16.8. The maximum Gasteiger partial charge on any atom is 0.246 e. The number of hydrogen-bond acceptors (Lipinski definition) is 6. The molecule has 0 fully saturated rings. The molecule has 0 atom stereocenters. The normalized spacial score (nSPS) is 12.2. The Hall–Kier alpha value is -2.32. The smallest absolute Gasteiger partial charge is 0.246 e. The Balaban J connectivity index is 2.08. The van der Waals surface area contributed by atoms with E-state index in [4.69, 9.17) is 0 Å². The fourth-order valence-corrected chi connectivity index (χ4v) is 4.93. The second kappa shape index (κ2) is 13.3. The average molecular weight is 532 g/mol. The number of amides is 2. The van der Waals surface area contributed by atoms with Gasteiger partial charge in [-0.15, -0.1) is 11.3 Å². The molecule has 0 radical (unpaired) electrons. The van der Waals surface area contributed by atoms with Crippen LogP contribution in [0.1, 0.15) is 78.0 Å². The number of benzene rings is 1. The Bertz CT molecular complexity index is 1000. The number of thioether (sulfide) groups is 1. The zero-order chi connectivity index (χ0) is 26.9. The zero-order valence-corrected chi connectivity index (χ0v) is 24.3. The predicted octanol–water partition coefficient (Wildman–Crippen LogP) is 6.46. The average Bonchev–Trinajstić information content (AvgIpc) is 3.29. The first-order valence-electron chi connectivity index (χ1n) is 12.4. The first kappa shape index (κ1) is 29.9. The number of phenols is 1. The van der Waals surface area contributed by atoms with Gasteiger partial charge in [-0.05, 0) is 41.0 Å². The highest BCUT2D eigenvalue weighted by molar-refractivity contribution is 7.99. The second-order valence-corrected chi connectivity index (χ2v) is 12.9. The Kier molecular flexibility index (Phi) is 11.0. The molecule has 1 heterocycles. The van der Waals surface area contributed by atoms with Crippen molar-refractivity contribution in [2.45, 2.75) is 72.1 Å². The van der Waals surface area contributed by atoms with Gasteiger partial charge in [0.15, 0.2) is 5.13 Å². The summed E-state index contributed by atoms with van der Waals surface area (Å²) in [5, 5.41) is 16.1. The maximum atomic E-state index is 13.1. The Morgan fingerprint density at radius 2 is 1.75 bits per heavy atom. The lowest BCUT2D eigenvalue weighted by Crippen LogP contribution is -2.32. The summed E-state index contributed by atoms with van der Waals surface area (Å²) in [4.78, 5) is 31.1. The number of thiazole rings is 1. The molecule has 0 bridgehead atoms. The summed E-state index contributed by atoms with van der Waals surface area (Å²) >= 11 is 2.90. The minimum atomic E-state index is -0.228. The van der Waals surface area contributed by atoms with Gasteiger partial charge in [-0.3, -0.25) is 9.59 Å². The van der Waals surface area contributed by atoms with Gasteiger partial charge >= 0.3 is 0 Å². The van der Waals surface area contributed by atoms with E-state index >= 15 is 0 Å². The minimum Gasteiger partial charge on any atom is -0.507 e. The molecule has 2 aromatic rings. The molecule has 1 aromatic heterocycles. The Morgan fingerprint density at radius 3 is 2.28 bits per heavy atom.